The number of carbonyl (C=O) groups excluding carboxylic acids is 1. The number of hydrogen-bond acceptors (Lipinski definition) is 3. The number of esters is 1. The SMILES string of the molecule is C=CCNCC(=O)OCC.Cl. The molecule has 0 unspecified atom stereocenters. The normalized spacial score (nSPS) is 8.09. The largest absolute Gasteiger partial charge is 0.465 e. The zero-order valence-corrected chi connectivity index (χ0v) is 7.45. The van der Waals surface area contributed by atoms with Crippen LogP contribution >= 0.6 is 12.4 Å². The Labute approximate surface area is 73.2 Å². The Balaban J connectivity index is 0. The quantitative estimate of drug-likeness (QED) is 0.385. The van der Waals surface area contributed by atoms with Gasteiger partial charge in [0, 0.05) is 6.54 Å². The van der Waals surface area contributed by atoms with Crippen LogP contribution in [-0.2, 0) is 9.53 Å². The molecule has 3 nitrogen and oxygen atoms in total. The minimum atomic E-state index is -0.218. The summed E-state index contributed by atoms with van der Waals surface area (Å²) < 4.78 is 4.65. The molecule has 4 heteroatoms. The van der Waals surface area contributed by atoms with Crippen molar-refractivity contribution in [2.45, 2.75) is 6.92 Å². The molecule has 0 aliphatic rings. The highest BCUT2D eigenvalue weighted by molar-refractivity contribution is 5.85. The Kier molecular flexibility index (Phi) is 11.2. The third-order valence-electron chi connectivity index (χ3n) is 0.863. The molecular formula is C7H14ClNO2. The van der Waals surface area contributed by atoms with Crippen molar-refractivity contribution in [1.82, 2.24) is 5.32 Å². The highest BCUT2D eigenvalue weighted by Gasteiger charge is 1.96. The molecule has 0 rings (SSSR count). The van der Waals surface area contributed by atoms with E-state index in [0.29, 0.717) is 13.2 Å². The Morgan fingerprint density at radius 3 is 2.82 bits per heavy atom. The first-order valence-electron chi connectivity index (χ1n) is 3.28. The second-order valence-corrected chi connectivity index (χ2v) is 1.72. The van der Waals surface area contributed by atoms with Crippen LogP contribution in [0.1, 0.15) is 6.92 Å². The van der Waals surface area contributed by atoms with Crippen molar-refractivity contribution >= 4 is 18.4 Å². The van der Waals surface area contributed by atoms with Gasteiger partial charge in [0.2, 0.25) is 0 Å². The van der Waals surface area contributed by atoms with Gasteiger partial charge in [0.15, 0.2) is 0 Å². The summed E-state index contributed by atoms with van der Waals surface area (Å²) in [6.45, 7) is 6.61. The second kappa shape index (κ2) is 9.46. The lowest BCUT2D eigenvalue weighted by atomic mass is 10.5. The summed E-state index contributed by atoms with van der Waals surface area (Å²) in [5, 5.41) is 2.83. The molecule has 0 aromatic carbocycles. The second-order valence-electron chi connectivity index (χ2n) is 1.72. The number of hydrogen-bond donors (Lipinski definition) is 1. The van der Waals surface area contributed by atoms with E-state index in [1.54, 1.807) is 13.0 Å². The van der Waals surface area contributed by atoms with Crippen LogP contribution in [0.5, 0.6) is 0 Å². The van der Waals surface area contributed by atoms with E-state index in [1.165, 1.54) is 0 Å². The highest BCUT2D eigenvalue weighted by atomic mass is 35.5. The number of carbonyl (C=O) groups is 1. The summed E-state index contributed by atoms with van der Waals surface area (Å²) in [6, 6.07) is 0. The van der Waals surface area contributed by atoms with Gasteiger partial charge in [0.25, 0.3) is 0 Å². The molecule has 0 aliphatic heterocycles. The summed E-state index contributed by atoms with van der Waals surface area (Å²) >= 11 is 0. The topological polar surface area (TPSA) is 38.3 Å². The number of nitrogens with one attached hydrogen (secondary N) is 1. The lowest BCUT2D eigenvalue weighted by Crippen LogP contribution is -2.24. The molecule has 0 atom stereocenters. The van der Waals surface area contributed by atoms with E-state index in [2.05, 4.69) is 16.6 Å². The van der Waals surface area contributed by atoms with Gasteiger partial charge < -0.3 is 10.1 Å². The summed E-state index contributed by atoms with van der Waals surface area (Å²) in [7, 11) is 0. The number of rotatable bonds is 5. The van der Waals surface area contributed by atoms with Crippen molar-refractivity contribution in [3.05, 3.63) is 12.7 Å². The average Bonchev–Trinajstić information content (AvgIpc) is 1.89. The lowest BCUT2D eigenvalue weighted by molar-refractivity contribution is -0.141. The van der Waals surface area contributed by atoms with Crippen molar-refractivity contribution in [3.8, 4) is 0 Å². The first-order valence-corrected chi connectivity index (χ1v) is 3.28. The van der Waals surface area contributed by atoms with Crippen molar-refractivity contribution < 1.29 is 9.53 Å². The van der Waals surface area contributed by atoms with Crippen molar-refractivity contribution in [2.24, 2.45) is 0 Å². The molecule has 1 N–H and O–H groups in total. The first kappa shape index (κ1) is 13.1. The molecule has 0 bridgehead atoms. The van der Waals surface area contributed by atoms with Crippen LogP contribution < -0.4 is 5.32 Å². The molecule has 0 fully saturated rings. The third-order valence-corrected chi connectivity index (χ3v) is 0.863. The predicted octanol–water partition coefficient (Wildman–Crippen LogP) is 0.747. The van der Waals surface area contributed by atoms with Gasteiger partial charge in [0.1, 0.15) is 0 Å². The maximum atomic E-state index is 10.6. The summed E-state index contributed by atoms with van der Waals surface area (Å²) in [4.78, 5) is 10.6. The molecule has 0 heterocycles. The van der Waals surface area contributed by atoms with Gasteiger partial charge in [-0.1, -0.05) is 6.08 Å². The van der Waals surface area contributed by atoms with Crippen LogP contribution in [0, 0.1) is 0 Å². The fourth-order valence-corrected chi connectivity index (χ4v) is 0.488. The Hall–Kier alpha value is -0.540. The van der Waals surface area contributed by atoms with Gasteiger partial charge in [-0.3, -0.25) is 4.79 Å². The molecule has 0 spiro atoms. The maximum absolute atomic E-state index is 10.6. The lowest BCUT2D eigenvalue weighted by Gasteiger charge is -2.00. The van der Waals surface area contributed by atoms with Crippen LogP contribution in [0.15, 0.2) is 12.7 Å². The minimum Gasteiger partial charge on any atom is -0.465 e. The van der Waals surface area contributed by atoms with E-state index in [4.69, 9.17) is 0 Å². The van der Waals surface area contributed by atoms with E-state index in [9.17, 15) is 4.79 Å². The average molecular weight is 180 g/mol. The predicted molar refractivity (Wildman–Crippen MR) is 46.9 cm³/mol. The molecule has 11 heavy (non-hydrogen) atoms. The first-order chi connectivity index (χ1) is 4.81. The summed E-state index contributed by atoms with van der Waals surface area (Å²) in [6.07, 6.45) is 1.69. The smallest absolute Gasteiger partial charge is 0.319 e. The molecular weight excluding hydrogens is 166 g/mol. The summed E-state index contributed by atoms with van der Waals surface area (Å²) in [5.41, 5.74) is 0. The van der Waals surface area contributed by atoms with Crippen LogP contribution in [-0.4, -0.2) is 25.7 Å². The van der Waals surface area contributed by atoms with E-state index in [0.717, 1.165) is 0 Å². The van der Waals surface area contributed by atoms with Gasteiger partial charge in [0.05, 0.1) is 13.2 Å². The van der Waals surface area contributed by atoms with Crippen LogP contribution in [0.4, 0.5) is 0 Å². The van der Waals surface area contributed by atoms with Crippen LogP contribution in [0.2, 0.25) is 0 Å². The molecule has 0 aromatic heterocycles. The molecule has 0 aliphatic carbocycles. The molecule has 0 amide bonds. The van der Waals surface area contributed by atoms with Crippen LogP contribution in [0.25, 0.3) is 0 Å². The molecule has 0 radical (unpaired) electrons. The van der Waals surface area contributed by atoms with Crippen molar-refractivity contribution in [3.63, 3.8) is 0 Å². The van der Waals surface area contributed by atoms with Crippen molar-refractivity contribution in [2.75, 3.05) is 19.7 Å². The molecule has 0 aromatic rings. The maximum Gasteiger partial charge on any atom is 0.319 e. The van der Waals surface area contributed by atoms with Crippen LogP contribution in [0.3, 0.4) is 0 Å². The van der Waals surface area contributed by atoms with Gasteiger partial charge in [-0.25, -0.2) is 0 Å². The molecule has 0 saturated heterocycles. The number of halogens is 1. The van der Waals surface area contributed by atoms with Gasteiger partial charge in [-0.15, -0.1) is 19.0 Å². The molecule has 0 saturated carbocycles. The van der Waals surface area contributed by atoms with Crippen molar-refractivity contribution in [1.29, 1.82) is 0 Å². The minimum absolute atomic E-state index is 0. The molecule has 66 valence electrons. The van der Waals surface area contributed by atoms with E-state index in [-0.39, 0.29) is 24.9 Å². The zero-order valence-electron chi connectivity index (χ0n) is 6.63. The number of ether oxygens (including phenoxy) is 1. The fourth-order valence-electron chi connectivity index (χ4n) is 0.488. The summed E-state index contributed by atoms with van der Waals surface area (Å²) in [5.74, 6) is -0.218. The Morgan fingerprint density at radius 2 is 2.36 bits per heavy atom. The third kappa shape index (κ3) is 9.46. The van der Waals surface area contributed by atoms with Gasteiger partial charge >= 0.3 is 5.97 Å². The van der Waals surface area contributed by atoms with E-state index >= 15 is 0 Å². The zero-order chi connectivity index (χ0) is 7.82. The van der Waals surface area contributed by atoms with E-state index < -0.39 is 0 Å². The van der Waals surface area contributed by atoms with E-state index in [1.807, 2.05) is 0 Å². The Bertz CT molecular complexity index is 117. The fraction of sp³-hybridized carbons (Fsp3) is 0.571. The standard InChI is InChI=1S/C7H13NO2.ClH/c1-3-5-8-6-7(9)10-4-2;/h3,8H,1,4-6H2,2H3;1H. The van der Waals surface area contributed by atoms with Gasteiger partial charge in [-0.05, 0) is 6.92 Å². The van der Waals surface area contributed by atoms with Gasteiger partial charge in [-0.2, -0.15) is 0 Å². The Morgan fingerprint density at radius 1 is 1.73 bits per heavy atom. The highest BCUT2D eigenvalue weighted by Crippen LogP contribution is 1.74. The monoisotopic (exact) mass is 179 g/mol.